The number of hydrogen-bond donors (Lipinski definition) is 3. The van der Waals surface area contributed by atoms with Gasteiger partial charge in [0.15, 0.2) is 22.6 Å². The average Bonchev–Trinajstić information content (AvgIpc) is 3.38. The van der Waals surface area contributed by atoms with E-state index in [1.165, 1.54) is 12.1 Å². The van der Waals surface area contributed by atoms with Crippen LogP contribution in [0, 0.1) is 23.5 Å². The van der Waals surface area contributed by atoms with E-state index in [4.69, 9.17) is 14.5 Å². The molecule has 10 nitrogen and oxygen atoms in total. The van der Waals surface area contributed by atoms with Crippen molar-refractivity contribution >= 4 is 34.9 Å². The van der Waals surface area contributed by atoms with Gasteiger partial charge in [0.2, 0.25) is 11.6 Å². The Balaban J connectivity index is 1.39. The summed E-state index contributed by atoms with van der Waals surface area (Å²) in [6.07, 6.45) is 0.720. The van der Waals surface area contributed by atoms with Gasteiger partial charge in [0, 0.05) is 41.0 Å². The van der Waals surface area contributed by atoms with Gasteiger partial charge in [0.05, 0.1) is 25.2 Å². The van der Waals surface area contributed by atoms with Crippen LogP contribution in [0.4, 0.5) is 31.9 Å². The Morgan fingerprint density at radius 1 is 1.15 bits per heavy atom. The van der Waals surface area contributed by atoms with Crippen LogP contribution in [-0.4, -0.2) is 53.6 Å². The zero-order valence-corrected chi connectivity index (χ0v) is 22.8. The largest absolute Gasteiger partial charge is 0.490 e. The van der Waals surface area contributed by atoms with Gasteiger partial charge in [-0.1, -0.05) is 18.2 Å². The van der Waals surface area contributed by atoms with Crippen LogP contribution in [0.15, 0.2) is 52.5 Å². The summed E-state index contributed by atoms with van der Waals surface area (Å²) < 4.78 is 40.8. The third-order valence-electron chi connectivity index (χ3n) is 6.36. The van der Waals surface area contributed by atoms with Gasteiger partial charge >= 0.3 is 0 Å². The number of nitrogens with zero attached hydrogens (tertiary/aromatic N) is 4. The van der Waals surface area contributed by atoms with Gasteiger partial charge in [-0.05, 0) is 54.8 Å². The summed E-state index contributed by atoms with van der Waals surface area (Å²) in [5.74, 6) is 0.955. The fraction of sp³-hybridized carbons (Fsp3) is 0.296. The minimum Gasteiger partial charge on any atom is -0.490 e. The Labute approximate surface area is 233 Å². The molecule has 0 saturated carbocycles. The number of nitrogens with one attached hydrogen (secondary N) is 3. The molecule has 0 unspecified atom stereocenters. The van der Waals surface area contributed by atoms with Crippen LogP contribution in [-0.2, 0) is 17.6 Å². The monoisotopic (exact) mass is 568 g/mol. The number of aryl methyl sites for hydroxylation is 3. The van der Waals surface area contributed by atoms with Gasteiger partial charge in [0.1, 0.15) is 5.82 Å². The van der Waals surface area contributed by atoms with E-state index in [1.807, 2.05) is 17.9 Å². The molecule has 40 heavy (non-hydrogen) atoms. The summed E-state index contributed by atoms with van der Waals surface area (Å²) in [4.78, 5) is 22.6. The number of methoxy groups -OCH3 is 1. The lowest BCUT2D eigenvalue weighted by Gasteiger charge is -2.29. The van der Waals surface area contributed by atoms with E-state index in [1.54, 1.807) is 36.6 Å². The van der Waals surface area contributed by atoms with Gasteiger partial charge in [-0.2, -0.15) is 9.49 Å². The zero-order chi connectivity index (χ0) is 28.1. The SMILES string of the molecule is COc1c(Nc2cc(C)[nH]n2)nc(Sc2ccc(CCc3cccc([NH+]=O)c3F)cc2F)nc1N1CCOCC1. The van der Waals surface area contributed by atoms with E-state index < -0.39 is 11.6 Å². The minimum atomic E-state index is -0.590. The number of morpholine rings is 1. The predicted molar refractivity (Wildman–Crippen MR) is 147 cm³/mol. The molecule has 0 amide bonds. The summed E-state index contributed by atoms with van der Waals surface area (Å²) in [6, 6.07) is 11.3. The van der Waals surface area contributed by atoms with E-state index >= 15 is 4.39 Å². The Kier molecular flexibility index (Phi) is 8.51. The first-order chi connectivity index (χ1) is 19.4. The molecular weight excluding hydrogens is 540 g/mol. The number of hydrogen-bond acceptors (Lipinski definition) is 9. The molecule has 1 saturated heterocycles. The molecule has 0 spiro atoms. The van der Waals surface area contributed by atoms with Gasteiger partial charge in [0.25, 0.3) is 5.69 Å². The second kappa shape index (κ2) is 12.4. The smallest absolute Gasteiger partial charge is 0.289 e. The van der Waals surface area contributed by atoms with Crippen molar-refractivity contribution in [3.05, 3.63) is 75.8 Å². The van der Waals surface area contributed by atoms with Gasteiger partial charge < -0.3 is 19.7 Å². The van der Waals surface area contributed by atoms with E-state index in [0.29, 0.717) is 83.5 Å². The van der Waals surface area contributed by atoms with Crippen molar-refractivity contribution in [2.24, 2.45) is 0 Å². The molecule has 3 heterocycles. The summed E-state index contributed by atoms with van der Waals surface area (Å²) >= 11 is 1.09. The Hall–Kier alpha value is -4.10. The van der Waals surface area contributed by atoms with Gasteiger partial charge in [-0.15, -0.1) is 0 Å². The quantitative estimate of drug-likeness (QED) is 0.246. The highest BCUT2D eigenvalue weighted by molar-refractivity contribution is 7.99. The normalized spacial score (nSPS) is 13.3. The molecule has 13 heteroatoms. The van der Waals surface area contributed by atoms with Gasteiger partial charge in [-0.3, -0.25) is 5.10 Å². The van der Waals surface area contributed by atoms with Crippen molar-refractivity contribution in [2.45, 2.75) is 29.8 Å². The number of aromatic amines is 1. The number of benzene rings is 2. The third kappa shape index (κ3) is 6.20. The predicted octanol–water partition coefficient (Wildman–Crippen LogP) is 3.79. The standard InChI is InChI=1S/C27H27F2N7O3S/c1-16-14-22(34-33-16)30-25-24(38-2)26(36-10-12-39-13-11-36)32-27(31-25)40-21-9-7-17(15-19(21)28)6-8-18-4-3-5-20(35-37)23(18)29/h3-5,7,9,14-15H,6,8,10-13H2,1-2H3,(H2,30,31,32,33,34)/p+1. The van der Waals surface area contributed by atoms with Crippen molar-refractivity contribution < 1.29 is 23.4 Å². The lowest BCUT2D eigenvalue weighted by atomic mass is 10.0. The average molecular weight is 569 g/mol. The first kappa shape index (κ1) is 27.5. The maximum Gasteiger partial charge on any atom is 0.289 e. The van der Waals surface area contributed by atoms with E-state index in [2.05, 4.69) is 20.5 Å². The number of rotatable bonds is 10. The van der Waals surface area contributed by atoms with Crippen molar-refractivity contribution in [3.63, 3.8) is 0 Å². The topological polar surface area (TPSA) is 119 Å². The van der Waals surface area contributed by atoms with Crippen molar-refractivity contribution in [1.29, 1.82) is 0 Å². The van der Waals surface area contributed by atoms with E-state index in [0.717, 1.165) is 17.5 Å². The number of nitroso groups, excluding NO2 is 1. The van der Waals surface area contributed by atoms with E-state index in [9.17, 15) is 9.30 Å². The maximum absolute atomic E-state index is 15.2. The Morgan fingerprint density at radius 2 is 1.98 bits per heavy atom. The molecular formula is C27H28F2N7O3S+. The molecule has 0 atom stereocenters. The molecule has 2 aromatic heterocycles. The van der Waals surface area contributed by atoms with Crippen molar-refractivity contribution in [1.82, 2.24) is 20.2 Å². The van der Waals surface area contributed by atoms with Crippen LogP contribution in [0.5, 0.6) is 5.75 Å². The molecule has 0 bridgehead atoms. The van der Waals surface area contributed by atoms with Crippen LogP contribution in [0.1, 0.15) is 16.8 Å². The minimum absolute atomic E-state index is 0.109. The molecule has 1 aliphatic heterocycles. The Morgan fingerprint density at radius 3 is 2.67 bits per heavy atom. The number of H-pyrrole nitrogens is 1. The molecule has 4 aromatic rings. The third-order valence-corrected chi connectivity index (χ3v) is 7.28. The molecule has 3 N–H and O–H groups in total. The fourth-order valence-corrected chi connectivity index (χ4v) is 5.10. The van der Waals surface area contributed by atoms with Crippen LogP contribution < -0.4 is 20.1 Å². The molecule has 208 valence electrons. The lowest BCUT2D eigenvalue weighted by Crippen LogP contribution is -2.56. The zero-order valence-electron chi connectivity index (χ0n) is 22.0. The molecule has 2 aromatic carbocycles. The molecule has 5 rings (SSSR count). The Bertz CT molecular complexity index is 1510. The molecule has 0 aliphatic carbocycles. The fourth-order valence-electron chi connectivity index (χ4n) is 4.34. The summed E-state index contributed by atoms with van der Waals surface area (Å²) in [5.41, 5.74) is 1.85. The number of aromatic nitrogens is 4. The van der Waals surface area contributed by atoms with Crippen molar-refractivity contribution in [3.8, 4) is 5.75 Å². The number of halogens is 2. The van der Waals surface area contributed by atoms with Crippen LogP contribution in [0.3, 0.4) is 0 Å². The van der Waals surface area contributed by atoms with Crippen LogP contribution >= 0.6 is 11.8 Å². The first-order valence-corrected chi connectivity index (χ1v) is 13.5. The summed E-state index contributed by atoms with van der Waals surface area (Å²) in [7, 11) is 1.55. The number of anilines is 3. The molecule has 1 fully saturated rings. The first-order valence-electron chi connectivity index (χ1n) is 12.6. The number of ether oxygens (including phenoxy) is 2. The summed E-state index contributed by atoms with van der Waals surface area (Å²) in [6.45, 7) is 4.23. The maximum atomic E-state index is 15.2. The molecule has 0 radical (unpaired) electrons. The second-order valence-corrected chi connectivity index (χ2v) is 10.1. The highest BCUT2D eigenvalue weighted by Gasteiger charge is 2.24. The highest BCUT2D eigenvalue weighted by Crippen LogP contribution is 2.39. The van der Waals surface area contributed by atoms with Crippen LogP contribution in [0.25, 0.3) is 0 Å². The highest BCUT2D eigenvalue weighted by atomic mass is 32.2. The van der Waals surface area contributed by atoms with Gasteiger partial charge in [-0.25, -0.2) is 14.4 Å². The molecule has 1 aliphatic rings. The van der Waals surface area contributed by atoms with Crippen LogP contribution in [0.2, 0.25) is 0 Å². The summed E-state index contributed by atoms with van der Waals surface area (Å²) in [5, 5.41) is 12.2. The second-order valence-electron chi connectivity index (χ2n) is 9.12. The van der Waals surface area contributed by atoms with E-state index in [-0.39, 0.29) is 5.69 Å². The lowest BCUT2D eigenvalue weighted by molar-refractivity contribution is -0.382. The van der Waals surface area contributed by atoms with Crippen molar-refractivity contribution in [2.75, 3.05) is 43.6 Å².